The molecule has 0 spiro atoms. The van der Waals surface area contributed by atoms with Crippen LogP contribution < -0.4 is 5.32 Å². The third kappa shape index (κ3) is 40.1. The number of aliphatic hydroxyl groups excluding tert-OH is 2. The fourth-order valence-electron chi connectivity index (χ4n) is 7.31. The number of hydrogen-bond donors (Lipinski definition) is 3. The molecule has 0 saturated carbocycles. The summed E-state index contributed by atoms with van der Waals surface area (Å²) in [5, 5.41) is 23.0. The van der Waals surface area contributed by atoms with E-state index in [0.29, 0.717) is 6.42 Å². The van der Waals surface area contributed by atoms with Gasteiger partial charge in [-0.1, -0.05) is 244 Å². The van der Waals surface area contributed by atoms with Crippen molar-refractivity contribution in [3.63, 3.8) is 0 Å². The maximum atomic E-state index is 12.3. The molecule has 0 aromatic rings. The van der Waals surface area contributed by atoms with Gasteiger partial charge in [0.1, 0.15) is 0 Å². The Morgan fingerprint density at radius 1 is 0.442 bits per heavy atom. The minimum atomic E-state index is -0.857. The van der Waals surface area contributed by atoms with Crippen LogP contribution in [0.15, 0.2) is 24.3 Å². The van der Waals surface area contributed by atoms with Crippen LogP contribution in [0.1, 0.15) is 258 Å². The van der Waals surface area contributed by atoms with Crippen molar-refractivity contribution < 1.29 is 15.0 Å². The highest BCUT2D eigenvalue weighted by Crippen LogP contribution is 2.16. The van der Waals surface area contributed by atoms with Gasteiger partial charge in [-0.2, -0.15) is 0 Å². The summed E-state index contributed by atoms with van der Waals surface area (Å²) in [6, 6.07) is -0.634. The molecule has 0 rings (SSSR count). The number of aliphatic hydroxyl groups is 2. The van der Waals surface area contributed by atoms with E-state index in [1.807, 2.05) is 6.08 Å². The molecular formula is C48H93NO3. The summed E-state index contributed by atoms with van der Waals surface area (Å²) in [6.45, 7) is 4.30. The third-order valence-corrected chi connectivity index (χ3v) is 10.9. The van der Waals surface area contributed by atoms with Crippen molar-refractivity contribution in [2.75, 3.05) is 6.61 Å². The van der Waals surface area contributed by atoms with Gasteiger partial charge in [0, 0.05) is 6.42 Å². The van der Waals surface area contributed by atoms with E-state index in [2.05, 4.69) is 31.3 Å². The maximum absolute atomic E-state index is 12.3. The van der Waals surface area contributed by atoms with Crippen LogP contribution >= 0.6 is 0 Å². The summed E-state index contributed by atoms with van der Waals surface area (Å²) in [6.07, 6.45) is 57.5. The van der Waals surface area contributed by atoms with Crippen molar-refractivity contribution in [3.05, 3.63) is 24.3 Å². The molecule has 4 heteroatoms. The SMILES string of the molecule is CCCCCCCCCCCCCCCCCCCCCCCCC/C=C/CC/C=C/C(O)C(CO)NC(=O)CCCCCCCCCCCCC. The number of amides is 1. The Kier molecular flexibility index (Phi) is 43.3. The largest absolute Gasteiger partial charge is 0.394 e. The molecule has 0 saturated heterocycles. The van der Waals surface area contributed by atoms with E-state index in [-0.39, 0.29) is 12.5 Å². The fourth-order valence-corrected chi connectivity index (χ4v) is 7.31. The Balaban J connectivity index is 3.49. The zero-order chi connectivity index (χ0) is 37.8. The third-order valence-electron chi connectivity index (χ3n) is 10.9. The maximum Gasteiger partial charge on any atom is 0.220 e. The van der Waals surface area contributed by atoms with Crippen LogP contribution in [0.2, 0.25) is 0 Å². The normalized spacial score (nSPS) is 13.1. The highest BCUT2D eigenvalue weighted by molar-refractivity contribution is 5.76. The van der Waals surface area contributed by atoms with Crippen LogP contribution in [0, 0.1) is 0 Å². The lowest BCUT2D eigenvalue weighted by Crippen LogP contribution is -2.45. The van der Waals surface area contributed by atoms with Crippen LogP contribution in [0.4, 0.5) is 0 Å². The molecule has 0 aromatic heterocycles. The molecule has 0 fully saturated rings. The quantitative estimate of drug-likeness (QED) is 0.0432. The molecule has 0 aliphatic heterocycles. The molecule has 0 heterocycles. The molecule has 0 aliphatic rings. The fraction of sp³-hybridized carbons (Fsp3) is 0.896. The lowest BCUT2D eigenvalue weighted by molar-refractivity contribution is -0.123. The van der Waals surface area contributed by atoms with Gasteiger partial charge in [0.05, 0.1) is 18.8 Å². The first-order valence-corrected chi connectivity index (χ1v) is 23.6. The zero-order valence-corrected chi connectivity index (χ0v) is 35.3. The minimum absolute atomic E-state index is 0.0732. The van der Waals surface area contributed by atoms with Gasteiger partial charge in [-0.05, 0) is 32.1 Å². The monoisotopic (exact) mass is 732 g/mol. The summed E-state index contributed by atoms with van der Waals surface area (Å²) in [7, 11) is 0. The standard InChI is InChI=1S/C48H93NO3/c1-3-5-7-9-11-13-15-16-17-18-19-20-21-22-23-24-25-26-27-28-29-30-31-32-34-35-37-39-41-43-47(51)46(45-50)49-48(52)44-42-40-38-36-33-14-12-10-8-6-4-2/h34-35,41,43,46-47,50-51H,3-33,36-40,42,44-45H2,1-2H3,(H,49,52)/b35-34+,43-41+. The van der Waals surface area contributed by atoms with E-state index in [0.717, 1.165) is 32.1 Å². The van der Waals surface area contributed by atoms with Gasteiger partial charge in [-0.3, -0.25) is 4.79 Å². The molecular weight excluding hydrogens is 639 g/mol. The zero-order valence-electron chi connectivity index (χ0n) is 35.3. The molecule has 2 unspecified atom stereocenters. The van der Waals surface area contributed by atoms with E-state index >= 15 is 0 Å². The Bertz CT molecular complexity index is 750. The first kappa shape index (κ1) is 50.9. The molecule has 308 valence electrons. The number of nitrogens with one attached hydrogen (secondary N) is 1. The van der Waals surface area contributed by atoms with E-state index in [1.54, 1.807) is 6.08 Å². The van der Waals surface area contributed by atoms with Crippen molar-refractivity contribution in [3.8, 4) is 0 Å². The van der Waals surface area contributed by atoms with Crippen molar-refractivity contribution in [2.45, 2.75) is 270 Å². The van der Waals surface area contributed by atoms with Crippen LogP contribution in [-0.4, -0.2) is 34.9 Å². The molecule has 0 radical (unpaired) electrons. The van der Waals surface area contributed by atoms with Gasteiger partial charge in [0.25, 0.3) is 0 Å². The molecule has 4 nitrogen and oxygen atoms in total. The van der Waals surface area contributed by atoms with E-state index in [9.17, 15) is 15.0 Å². The Labute approximate surface area is 326 Å². The average Bonchev–Trinajstić information content (AvgIpc) is 3.15. The number of hydrogen-bond acceptors (Lipinski definition) is 3. The summed E-state index contributed by atoms with van der Waals surface area (Å²) in [5.74, 6) is -0.0732. The summed E-state index contributed by atoms with van der Waals surface area (Å²) >= 11 is 0. The molecule has 0 bridgehead atoms. The summed E-state index contributed by atoms with van der Waals surface area (Å²) in [4.78, 5) is 12.3. The number of unbranched alkanes of at least 4 members (excludes halogenated alkanes) is 34. The predicted molar refractivity (Wildman–Crippen MR) is 230 cm³/mol. The van der Waals surface area contributed by atoms with E-state index < -0.39 is 12.1 Å². The highest BCUT2D eigenvalue weighted by atomic mass is 16.3. The summed E-state index contributed by atoms with van der Waals surface area (Å²) < 4.78 is 0. The lowest BCUT2D eigenvalue weighted by atomic mass is 10.0. The molecule has 0 aromatic carbocycles. The van der Waals surface area contributed by atoms with Gasteiger partial charge >= 0.3 is 0 Å². The average molecular weight is 732 g/mol. The van der Waals surface area contributed by atoms with Crippen LogP contribution in [-0.2, 0) is 4.79 Å². The molecule has 3 N–H and O–H groups in total. The van der Waals surface area contributed by atoms with Gasteiger partial charge in [0.15, 0.2) is 0 Å². The number of rotatable bonds is 43. The van der Waals surface area contributed by atoms with Crippen molar-refractivity contribution in [1.82, 2.24) is 5.32 Å². The van der Waals surface area contributed by atoms with E-state index in [4.69, 9.17) is 0 Å². The van der Waals surface area contributed by atoms with Crippen LogP contribution in [0.5, 0.6) is 0 Å². The van der Waals surface area contributed by atoms with E-state index in [1.165, 1.54) is 205 Å². The first-order valence-electron chi connectivity index (χ1n) is 23.6. The van der Waals surface area contributed by atoms with Gasteiger partial charge in [0.2, 0.25) is 5.91 Å². The second-order valence-electron chi connectivity index (χ2n) is 16.2. The van der Waals surface area contributed by atoms with Gasteiger partial charge < -0.3 is 15.5 Å². The molecule has 2 atom stereocenters. The second kappa shape index (κ2) is 44.3. The summed E-state index contributed by atoms with van der Waals surface area (Å²) in [5.41, 5.74) is 0. The van der Waals surface area contributed by atoms with Crippen molar-refractivity contribution in [1.29, 1.82) is 0 Å². The molecule has 1 amide bonds. The predicted octanol–water partition coefficient (Wildman–Crippen LogP) is 14.8. The van der Waals surface area contributed by atoms with Crippen molar-refractivity contribution in [2.24, 2.45) is 0 Å². The lowest BCUT2D eigenvalue weighted by Gasteiger charge is -2.19. The second-order valence-corrected chi connectivity index (χ2v) is 16.2. The first-order chi connectivity index (χ1) is 25.7. The van der Waals surface area contributed by atoms with Gasteiger partial charge in [-0.25, -0.2) is 0 Å². The van der Waals surface area contributed by atoms with Crippen LogP contribution in [0.25, 0.3) is 0 Å². The Morgan fingerprint density at radius 3 is 1.12 bits per heavy atom. The van der Waals surface area contributed by atoms with Crippen molar-refractivity contribution >= 4 is 5.91 Å². The Morgan fingerprint density at radius 2 is 0.750 bits per heavy atom. The highest BCUT2D eigenvalue weighted by Gasteiger charge is 2.17. The molecule has 52 heavy (non-hydrogen) atoms. The van der Waals surface area contributed by atoms with Gasteiger partial charge in [-0.15, -0.1) is 0 Å². The Hall–Kier alpha value is -1.13. The topological polar surface area (TPSA) is 69.6 Å². The molecule has 0 aliphatic carbocycles. The van der Waals surface area contributed by atoms with Crippen LogP contribution in [0.3, 0.4) is 0 Å². The number of carbonyl (C=O) groups is 1. The number of carbonyl (C=O) groups excluding carboxylic acids is 1. The number of allylic oxidation sites excluding steroid dienone is 3. The smallest absolute Gasteiger partial charge is 0.220 e. The minimum Gasteiger partial charge on any atom is -0.394 e.